The Morgan fingerprint density at radius 1 is 0.812 bits per heavy atom. The third-order valence-corrected chi connectivity index (χ3v) is 11.5. The van der Waals surface area contributed by atoms with Crippen molar-refractivity contribution in [1.29, 1.82) is 0 Å². The van der Waals surface area contributed by atoms with Gasteiger partial charge in [-0.15, -0.1) is 0 Å². The van der Waals surface area contributed by atoms with Crippen LogP contribution in [0.5, 0.6) is 0 Å². The summed E-state index contributed by atoms with van der Waals surface area (Å²) in [5.74, 6) is -0.884. The summed E-state index contributed by atoms with van der Waals surface area (Å²) in [7, 11) is -4.28. The molecule has 4 aromatic carbocycles. The van der Waals surface area contributed by atoms with Gasteiger partial charge in [0.15, 0.2) is 0 Å². The number of nitrogens with zero attached hydrogens (tertiary/aromatic N) is 2. The van der Waals surface area contributed by atoms with E-state index in [1.54, 1.807) is 30.3 Å². The van der Waals surface area contributed by atoms with Crippen molar-refractivity contribution in [3.05, 3.63) is 129 Å². The van der Waals surface area contributed by atoms with Crippen LogP contribution in [0.15, 0.2) is 102 Å². The molecule has 2 amide bonds. The van der Waals surface area contributed by atoms with Gasteiger partial charge in [-0.3, -0.25) is 13.9 Å². The van der Waals surface area contributed by atoms with Gasteiger partial charge in [0.2, 0.25) is 11.8 Å². The topological polar surface area (TPSA) is 86.8 Å². The molecule has 48 heavy (non-hydrogen) atoms. The van der Waals surface area contributed by atoms with Crippen molar-refractivity contribution in [3.63, 3.8) is 0 Å². The number of carbonyl (C=O) groups is 2. The van der Waals surface area contributed by atoms with Crippen molar-refractivity contribution in [1.82, 2.24) is 10.2 Å². The number of hydrogen-bond donors (Lipinski definition) is 1. The van der Waals surface area contributed by atoms with Gasteiger partial charge in [-0.1, -0.05) is 120 Å². The van der Waals surface area contributed by atoms with E-state index < -0.39 is 28.5 Å². The third-order valence-electron chi connectivity index (χ3n) is 8.60. The number of carbonyl (C=O) groups excluding carboxylic acids is 2. The lowest BCUT2D eigenvalue weighted by Gasteiger charge is -2.35. The van der Waals surface area contributed by atoms with Crippen LogP contribution < -0.4 is 9.62 Å². The Morgan fingerprint density at radius 3 is 2.15 bits per heavy atom. The summed E-state index contributed by atoms with van der Waals surface area (Å²) in [6.45, 7) is 1.23. The number of anilines is 1. The first-order valence-corrected chi connectivity index (χ1v) is 18.5. The summed E-state index contributed by atoms with van der Waals surface area (Å²) in [5, 5.41) is 4.00. The van der Waals surface area contributed by atoms with Crippen LogP contribution in [0.4, 0.5) is 5.69 Å². The lowest BCUT2D eigenvalue weighted by atomic mass is 9.94. The van der Waals surface area contributed by atoms with E-state index in [0.717, 1.165) is 47.5 Å². The highest BCUT2D eigenvalue weighted by molar-refractivity contribution is 7.92. The van der Waals surface area contributed by atoms with E-state index in [1.165, 1.54) is 35.2 Å². The molecular formula is C37H38Cl3N3O4S. The summed E-state index contributed by atoms with van der Waals surface area (Å²) in [6.07, 6.45) is 5.10. The zero-order chi connectivity index (χ0) is 34.3. The molecule has 0 bridgehead atoms. The van der Waals surface area contributed by atoms with E-state index in [0.29, 0.717) is 10.6 Å². The van der Waals surface area contributed by atoms with Crippen molar-refractivity contribution in [3.8, 4) is 0 Å². The van der Waals surface area contributed by atoms with Crippen LogP contribution in [0.25, 0.3) is 0 Å². The highest BCUT2D eigenvalue weighted by Crippen LogP contribution is 2.31. The second-order valence-corrected chi connectivity index (χ2v) is 15.2. The molecule has 252 valence electrons. The van der Waals surface area contributed by atoms with Gasteiger partial charge in [0.25, 0.3) is 10.0 Å². The zero-order valence-electron chi connectivity index (χ0n) is 26.6. The highest BCUT2D eigenvalue weighted by atomic mass is 35.5. The number of sulfonamides is 1. The quantitative estimate of drug-likeness (QED) is 0.159. The molecule has 7 nitrogen and oxygen atoms in total. The van der Waals surface area contributed by atoms with Crippen LogP contribution in [-0.4, -0.2) is 43.8 Å². The molecule has 1 atom stereocenters. The first kappa shape index (κ1) is 35.7. The molecule has 0 saturated heterocycles. The largest absolute Gasteiger partial charge is 0.352 e. The van der Waals surface area contributed by atoms with Gasteiger partial charge < -0.3 is 10.2 Å². The number of nitrogens with one attached hydrogen (secondary N) is 1. The lowest BCUT2D eigenvalue weighted by Crippen LogP contribution is -2.55. The average molecular weight is 727 g/mol. The standard InChI is InChI=1S/C37H38Cl3N3O4S/c1-26-16-19-31(20-17-26)48(46,47)43(30-18-21-33(39)34(40)23-30)25-36(44)42(24-28-12-8-9-15-32(28)38)35(22-27-10-4-2-5-11-27)37(45)41-29-13-6-3-7-14-29/h2,4-5,8-12,15-21,23,29,35H,3,6-7,13-14,22,24-25H2,1H3,(H,41,45). The predicted molar refractivity (Wildman–Crippen MR) is 193 cm³/mol. The molecule has 1 aliphatic rings. The van der Waals surface area contributed by atoms with E-state index in [-0.39, 0.29) is 45.5 Å². The number of rotatable bonds is 12. The molecule has 1 fully saturated rings. The van der Waals surface area contributed by atoms with Crippen molar-refractivity contribution in [2.45, 2.75) is 69.0 Å². The maximum atomic E-state index is 14.7. The van der Waals surface area contributed by atoms with E-state index in [2.05, 4.69) is 5.32 Å². The van der Waals surface area contributed by atoms with Crippen LogP contribution in [-0.2, 0) is 32.6 Å². The number of amides is 2. The molecular weight excluding hydrogens is 689 g/mol. The van der Waals surface area contributed by atoms with Crippen molar-refractivity contribution < 1.29 is 18.0 Å². The summed E-state index contributed by atoms with van der Waals surface area (Å²) in [6, 6.07) is 26.4. The molecule has 0 aliphatic heterocycles. The number of halogens is 3. The van der Waals surface area contributed by atoms with Crippen LogP contribution >= 0.6 is 34.8 Å². The Bertz CT molecular complexity index is 1830. The monoisotopic (exact) mass is 725 g/mol. The summed E-state index contributed by atoms with van der Waals surface area (Å²) < 4.78 is 29.5. The van der Waals surface area contributed by atoms with Crippen molar-refractivity contribution in [2.24, 2.45) is 0 Å². The minimum absolute atomic E-state index is 0.000466. The number of benzene rings is 4. The Kier molecular flexibility index (Phi) is 12.1. The second-order valence-electron chi connectivity index (χ2n) is 12.1. The van der Waals surface area contributed by atoms with Gasteiger partial charge in [0.05, 0.1) is 20.6 Å². The fourth-order valence-corrected chi connectivity index (χ4v) is 7.81. The first-order chi connectivity index (χ1) is 23.0. The lowest BCUT2D eigenvalue weighted by molar-refractivity contribution is -0.140. The SMILES string of the molecule is Cc1ccc(S(=O)(=O)N(CC(=O)N(Cc2ccccc2Cl)C(Cc2ccccc2)C(=O)NC2CCCCC2)c2ccc(Cl)c(Cl)c2)cc1. The van der Waals surface area contributed by atoms with Crippen molar-refractivity contribution >= 4 is 62.3 Å². The van der Waals surface area contributed by atoms with Gasteiger partial charge in [-0.2, -0.15) is 0 Å². The molecule has 1 saturated carbocycles. The number of aryl methyl sites for hydroxylation is 1. The van der Waals surface area contributed by atoms with Crippen molar-refractivity contribution in [2.75, 3.05) is 10.8 Å². The summed E-state index contributed by atoms with van der Waals surface area (Å²) in [5.41, 5.74) is 2.51. The van der Waals surface area contributed by atoms with Gasteiger partial charge >= 0.3 is 0 Å². The fourth-order valence-electron chi connectivity index (χ4n) is 5.91. The summed E-state index contributed by atoms with van der Waals surface area (Å²) in [4.78, 5) is 30.4. The van der Waals surface area contributed by atoms with Crippen LogP contribution in [0.2, 0.25) is 15.1 Å². The molecule has 0 aromatic heterocycles. The van der Waals surface area contributed by atoms with E-state index in [4.69, 9.17) is 34.8 Å². The Balaban J connectivity index is 1.58. The van der Waals surface area contributed by atoms with Crippen LogP contribution in [0, 0.1) is 6.92 Å². The Labute approximate surface area is 297 Å². The predicted octanol–water partition coefficient (Wildman–Crippen LogP) is 8.24. The smallest absolute Gasteiger partial charge is 0.264 e. The third kappa shape index (κ3) is 8.91. The molecule has 1 unspecified atom stereocenters. The second kappa shape index (κ2) is 16.2. The molecule has 4 aromatic rings. The van der Waals surface area contributed by atoms with Crippen LogP contribution in [0.3, 0.4) is 0 Å². The van der Waals surface area contributed by atoms with Gasteiger partial charge in [0, 0.05) is 24.0 Å². The minimum atomic E-state index is -4.28. The van der Waals surface area contributed by atoms with Crippen LogP contribution in [0.1, 0.15) is 48.8 Å². The molecule has 11 heteroatoms. The van der Waals surface area contributed by atoms with E-state index >= 15 is 0 Å². The van der Waals surface area contributed by atoms with Gasteiger partial charge in [-0.25, -0.2) is 8.42 Å². The summed E-state index contributed by atoms with van der Waals surface area (Å²) >= 11 is 19.2. The van der Waals surface area contributed by atoms with Gasteiger partial charge in [-0.05, 0) is 67.3 Å². The Hall–Kier alpha value is -3.56. The zero-order valence-corrected chi connectivity index (χ0v) is 29.7. The maximum absolute atomic E-state index is 14.7. The molecule has 5 rings (SSSR count). The minimum Gasteiger partial charge on any atom is -0.352 e. The molecule has 0 radical (unpaired) electrons. The average Bonchev–Trinajstić information content (AvgIpc) is 3.08. The van der Waals surface area contributed by atoms with Gasteiger partial charge in [0.1, 0.15) is 12.6 Å². The molecule has 0 spiro atoms. The fraction of sp³-hybridized carbons (Fsp3) is 0.297. The Morgan fingerprint density at radius 2 is 1.48 bits per heavy atom. The number of hydrogen-bond acceptors (Lipinski definition) is 4. The van der Waals surface area contributed by atoms with E-state index in [1.807, 2.05) is 43.3 Å². The normalized spacial score (nSPS) is 14.2. The molecule has 1 aliphatic carbocycles. The first-order valence-electron chi connectivity index (χ1n) is 15.9. The maximum Gasteiger partial charge on any atom is 0.264 e. The van der Waals surface area contributed by atoms with E-state index in [9.17, 15) is 18.0 Å². The highest BCUT2D eigenvalue weighted by Gasteiger charge is 2.36. The molecule has 0 heterocycles. The molecule has 1 N–H and O–H groups in total.